The Balaban J connectivity index is 1.36. The molecule has 0 amide bonds. The van der Waals surface area contributed by atoms with Crippen LogP contribution in [0.15, 0.2) is 53.9 Å². The average molecular weight is 369 g/mol. The minimum Gasteiger partial charge on any atom is -0.293 e. The van der Waals surface area contributed by atoms with Crippen molar-refractivity contribution in [2.45, 2.75) is 25.9 Å². The van der Waals surface area contributed by atoms with Gasteiger partial charge in [-0.3, -0.25) is 4.90 Å². The first-order chi connectivity index (χ1) is 12.5. The van der Waals surface area contributed by atoms with Crippen molar-refractivity contribution in [1.82, 2.24) is 9.21 Å². The van der Waals surface area contributed by atoms with Gasteiger partial charge in [-0.25, -0.2) is 8.42 Å². The molecule has 0 N–H and O–H groups in total. The lowest BCUT2D eigenvalue weighted by atomic mass is 9.97. The molecule has 2 aliphatic rings. The van der Waals surface area contributed by atoms with Crippen molar-refractivity contribution in [3.05, 3.63) is 76.2 Å². The molecule has 4 rings (SSSR count). The van der Waals surface area contributed by atoms with Crippen LogP contribution >= 0.6 is 0 Å². The van der Waals surface area contributed by atoms with E-state index in [1.807, 2.05) is 31.2 Å². The summed E-state index contributed by atoms with van der Waals surface area (Å²) in [6.07, 6.45) is 2.73. The third-order valence-electron chi connectivity index (χ3n) is 5.38. The summed E-state index contributed by atoms with van der Waals surface area (Å²) in [6.45, 7) is 5.12. The molecule has 2 heterocycles. The van der Waals surface area contributed by atoms with Crippen molar-refractivity contribution < 1.29 is 8.42 Å². The molecule has 2 aromatic rings. The second-order valence-corrected chi connectivity index (χ2v) is 9.04. The Morgan fingerprint density at radius 2 is 1.69 bits per heavy atom. The van der Waals surface area contributed by atoms with E-state index in [9.17, 15) is 8.42 Å². The van der Waals surface area contributed by atoms with Crippen LogP contribution in [0.4, 0.5) is 0 Å². The summed E-state index contributed by atoms with van der Waals surface area (Å²) in [6, 6.07) is 16.7. The van der Waals surface area contributed by atoms with Gasteiger partial charge in [-0.15, -0.1) is 0 Å². The van der Waals surface area contributed by atoms with Gasteiger partial charge in [0.25, 0.3) is 0 Å². The van der Waals surface area contributed by atoms with Gasteiger partial charge in [0.2, 0.25) is 10.0 Å². The first-order valence-corrected chi connectivity index (χ1v) is 10.6. The zero-order valence-corrected chi connectivity index (χ0v) is 15.8. The van der Waals surface area contributed by atoms with E-state index in [0.29, 0.717) is 19.1 Å². The Hall–Kier alpha value is -1.95. The van der Waals surface area contributed by atoms with Crippen LogP contribution in [0, 0.1) is 6.92 Å². The predicted molar refractivity (Wildman–Crippen MR) is 105 cm³/mol. The lowest BCUT2D eigenvalue weighted by Crippen LogP contribution is -2.61. The van der Waals surface area contributed by atoms with E-state index in [4.69, 9.17) is 0 Å². The number of hydrogen-bond acceptors (Lipinski definition) is 3. The first-order valence-electron chi connectivity index (χ1n) is 9.07. The molecule has 1 fully saturated rings. The first kappa shape index (κ1) is 17.5. The van der Waals surface area contributed by atoms with Crippen molar-refractivity contribution in [3.8, 4) is 0 Å². The zero-order valence-electron chi connectivity index (χ0n) is 15.0. The fourth-order valence-corrected chi connectivity index (χ4v) is 4.87. The van der Waals surface area contributed by atoms with Crippen LogP contribution in [0.2, 0.25) is 0 Å². The molecule has 0 aliphatic carbocycles. The standard InChI is InChI=1S/C21H24N2O2S/c1-17-6-8-18(9-7-17)11-13-26(24,25)23-15-21(16-23)22-12-10-19-4-2-3-5-20(19)14-22/h2-9,11,13,21H,10,12,14-16H2,1H3/b13-11+. The molecular weight excluding hydrogens is 344 g/mol. The molecule has 0 unspecified atom stereocenters. The van der Waals surface area contributed by atoms with E-state index in [-0.39, 0.29) is 0 Å². The Morgan fingerprint density at radius 3 is 2.42 bits per heavy atom. The Labute approximate surface area is 155 Å². The molecule has 0 aromatic heterocycles. The number of fused-ring (bicyclic) bond motifs is 1. The molecule has 0 radical (unpaired) electrons. The van der Waals surface area contributed by atoms with Crippen molar-refractivity contribution in [2.24, 2.45) is 0 Å². The fourth-order valence-electron chi connectivity index (χ4n) is 3.61. The molecule has 4 nitrogen and oxygen atoms in total. The van der Waals surface area contributed by atoms with Crippen LogP contribution in [0.1, 0.15) is 22.3 Å². The molecular formula is C21H24N2O2S. The predicted octanol–water partition coefficient (Wildman–Crippen LogP) is 3.04. The topological polar surface area (TPSA) is 40.6 Å². The minimum atomic E-state index is -3.34. The molecule has 0 bridgehead atoms. The van der Waals surface area contributed by atoms with Crippen molar-refractivity contribution in [3.63, 3.8) is 0 Å². The summed E-state index contributed by atoms with van der Waals surface area (Å²) in [7, 11) is -3.34. The van der Waals surface area contributed by atoms with Crippen LogP contribution in [-0.2, 0) is 23.0 Å². The lowest BCUT2D eigenvalue weighted by molar-refractivity contribution is 0.0777. The van der Waals surface area contributed by atoms with Gasteiger partial charge in [0.15, 0.2) is 0 Å². The minimum absolute atomic E-state index is 0.325. The van der Waals surface area contributed by atoms with Crippen LogP contribution in [-0.4, -0.2) is 43.3 Å². The molecule has 136 valence electrons. The monoisotopic (exact) mass is 368 g/mol. The SMILES string of the molecule is Cc1ccc(/C=C/S(=O)(=O)N2CC(N3CCc4ccccc4C3)C2)cc1. The highest BCUT2D eigenvalue weighted by Crippen LogP contribution is 2.26. The number of rotatable bonds is 4. The van der Waals surface area contributed by atoms with Crippen LogP contribution in [0.3, 0.4) is 0 Å². The number of aryl methyl sites for hydroxylation is 1. The Kier molecular flexibility index (Phi) is 4.69. The maximum Gasteiger partial charge on any atom is 0.236 e. The third-order valence-corrected chi connectivity index (χ3v) is 6.87. The normalized spacial score (nSPS) is 19.4. The van der Waals surface area contributed by atoms with Crippen LogP contribution in [0.5, 0.6) is 0 Å². The van der Waals surface area contributed by atoms with Gasteiger partial charge < -0.3 is 0 Å². The zero-order chi connectivity index (χ0) is 18.1. The average Bonchev–Trinajstić information content (AvgIpc) is 2.60. The number of hydrogen-bond donors (Lipinski definition) is 0. The summed E-state index contributed by atoms with van der Waals surface area (Å²) < 4.78 is 26.6. The highest BCUT2D eigenvalue weighted by atomic mass is 32.2. The summed E-state index contributed by atoms with van der Waals surface area (Å²) in [5.74, 6) is 0. The molecule has 5 heteroatoms. The van der Waals surface area contributed by atoms with Gasteiger partial charge >= 0.3 is 0 Å². The second kappa shape index (κ2) is 6.99. The summed E-state index contributed by atoms with van der Waals surface area (Å²) in [5.41, 5.74) is 4.87. The van der Waals surface area contributed by atoms with E-state index in [0.717, 1.165) is 25.1 Å². The van der Waals surface area contributed by atoms with Gasteiger partial charge in [-0.05, 0) is 36.1 Å². The van der Waals surface area contributed by atoms with Crippen molar-refractivity contribution in [2.75, 3.05) is 19.6 Å². The van der Waals surface area contributed by atoms with E-state index < -0.39 is 10.0 Å². The van der Waals surface area contributed by atoms with E-state index in [1.165, 1.54) is 22.1 Å². The maximum atomic E-state index is 12.5. The molecule has 1 saturated heterocycles. The third kappa shape index (κ3) is 3.61. The summed E-state index contributed by atoms with van der Waals surface area (Å²) in [5, 5.41) is 1.33. The molecule has 2 aromatic carbocycles. The number of nitrogens with zero attached hydrogens (tertiary/aromatic N) is 2. The van der Waals surface area contributed by atoms with Gasteiger partial charge in [-0.2, -0.15) is 4.31 Å². The smallest absolute Gasteiger partial charge is 0.236 e. The van der Waals surface area contributed by atoms with Crippen molar-refractivity contribution in [1.29, 1.82) is 0 Å². The van der Waals surface area contributed by atoms with Gasteiger partial charge in [0.1, 0.15) is 0 Å². The maximum absolute atomic E-state index is 12.5. The molecule has 26 heavy (non-hydrogen) atoms. The summed E-state index contributed by atoms with van der Waals surface area (Å²) in [4.78, 5) is 2.41. The Morgan fingerprint density at radius 1 is 1.00 bits per heavy atom. The van der Waals surface area contributed by atoms with Crippen molar-refractivity contribution >= 4 is 16.1 Å². The van der Waals surface area contributed by atoms with E-state index in [2.05, 4.69) is 29.2 Å². The molecule has 0 atom stereocenters. The van der Waals surface area contributed by atoms with E-state index >= 15 is 0 Å². The Bertz CT molecular complexity index is 913. The second-order valence-electron chi connectivity index (χ2n) is 7.22. The quantitative estimate of drug-likeness (QED) is 0.833. The van der Waals surface area contributed by atoms with Crippen LogP contribution < -0.4 is 0 Å². The largest absolute Gasteiger partial charge is 0.293 e. The number of benzene rings is 2. The molecule has 0 saturated carbocycles. The number of sulfonamides is 1. The van der Waals surface area contributed by atoms with Gasteiger partial charge in [-0.1, -0.05) is 54.1 Å². The van der Waals surface area contributed by atoms with Gasteiger partial charge in [0, 0.05) is 37.6 Å². The molecule has 0 spiro atoms. The fraction of sp³-hybridized carbons (Fsp3) is 0.333. The summed E-state index contributed by atoms with van der Waals surface area (Å²) >= 11 is 0. The van der Waals surface area contributed by atoms with E-state index in [1.54, 1.807) is 10.4 Å². The van der Waals surface area contributed by atoms with Gasteiger partial charge in [0.05, 0.1) is 0 Å². The molecule has 2 aliphatic heterocycles. The lowest BCUT2D eigenvalue weighted by Gasteiger charge is -2.45. The van der Waals surface area contributed by atoms with Crippen LogP contribution in [0.25, 0.3) is 6.08 Å². The highest BCUT2D eigenvalue weighted by molar-refractivity contribution is 7.92. The highest BCUT2D eigenvalue weighted by Gasteiger charge is 2.38.